The van der Waals surface area contributed by atoms with Gasteiger partial charge in [0.2, 0.25) is 0 Å². The lowest BCUT2D eigenvalue weighted by atomic mass is 10.0. The highest BCUT2D eigenvalue weighted by atomic mass is 16.5. The van der Waals surface area contributed by atoms with Crippen LogP contribution in [0.25, 0.3) is 0 Å². The summed E-state index contributed by atoms with van der Waals surface area (Å²) in [6.07, 6.45) is 2.31. The zero-order valence-electron chi connectivity index (χ0n) is 11.2. The van der Waals surface area contributed by atoms with Gasteiger partial charge in [0.05, 0.1) is 0 Å². The number of hydrogen-bond donors (Lipinski definition) is 0. The van der Waals surface area contributed by atoms with E-state index in [2.05, 4.69) is 43.9 Å². The van der Waals surface area contributed by atoms with Crippen molar-refractivity contribution in [3.8, 4) is 0 Å². The van der Waals surface area contributed by atoms with E-state index in [0.717, 1.165) is 32.6 Å². The highest BCUT2D eigenvalue weighted by molar-refractivity contribution is 5.56. The highest BCUT2D eigenvalue weighted by Gasteiger charge is 2.21. The molecule has 0 amide bonds. The molecule has 1 saturated heterocycles. The maximum atomic E-state index is 5.46. The molecule has 0 spiro atoms. The predicted molar refractivity (Wildman–Crippen MR) is 72.8 cm³/mol. The van der Waals surface area contributed by atoms with Crippen LogP contribution in [0, 0.1) is 13.8 Å². The first-order chi connectivity index (χ1) is 8.24. The van der Waals surface area contributed by atoms with Crippen molar-refractivity contribution in [1.29, 1.82) is 0 Å². The van der Waals surface area contributed by atoms with Crippen LogP contribution >= 0.6 is 0 Å². The third-order valence-corrected chi connectivity index (χ3v) is 3.86. The zero-order chi connectivity index (χ0) is 12.3. The van der Waals surface area contributed by atoms with Crippen molar-refractivity contribution < 1.29 is 4.74 Å². The zero-order valence-corrected chi connectivity index (χ0v) is 11.2. The maximum absolute atomic E-state index is 5.46. The summed E-state index contributed by atoms with van der Waals surface area (Å²) in [5, 5.41) is 0. The lowest BCUT2D eigenvalue weighted by molar-refractivity contribution is 0.0846. The molecule has 1 aromatic rings. The third kappa shape index (κ3) is 2.63. The van der Waals surface area contributed by atoms with Crippen LogP contribution in [0.4, 0.5) is 5.69 Å². The number of nitrogens with zero attached hydrogens (tertiary/aromatic N) is 1. The van der Waals surface area contributed by atoms with Gasteiger partial charge in [-0.2, -0.15) is 0 Å². The Bertz CT molecular complexity index is 369. The molecule has 2 nitrogen and oxygen atoms in total. The quantitative estimate of drug-likeness (QED) is 0.794. The van der Waals surface area contributed by atoms with Gasteiger partial charge in [0.1, 0.15) is 0 Å². The predicted octanol–water partition coefficient (Wildman–Crippen LogP) is 3.31. The Morgan fingerprint density at radius 1 is 1.24 bits per heavy atom. The molecule has 94 valence electrons. The molecule has 0 bridgehead atoms. The number of aryl methyl sites for hydroxylation is 1. The van der Waals surface area contributed by atoms with Gasteiger partial charge in [-0.25, -0.2) is 0 Å². The van der Waals surface area contributed by atoms with E-state index in [1.54, 1.807) is 0 Å². The summed E-state index contributed by atoms with van der Waals surface area (Å²) in [4.78, 5) is 2.55. The number of anilines is 1. The van der Waals surface area contributed by atoms with E-state index in [0.29, 0.717) is 6.04 Å². The minimum Gasteiger partial charge on any atom is -0.381 e. The molecule has 0 aromatic heterocycles. The second-order valence-electron chi connectivity index (χ2n) is 4.85. The second-order valence-corrected chi connectivity index (χ2v) is 4.85. The van der Waals surface area contributed by atoms with Crippen molar-refractivity contribution in [3.05, 3.63) is 29.3 Å². The molecule has 1 heterocycles. The smallest absolute Gasteiger partial charge is 0.0485 e. The number of ether oxygens (including phenoxy) is 1. The van der Waals surface area contributed by atoms with Crippen LogP contribution in [-0.2, 0) is 4.74 Å². The maximum Gasteiger partial charge on any atom is 0.0485 e. The fraction of sp³-hybridized carbons (Fsp3) is 0.600. The average Bonchev–Trinajstić information content (AvgIpc) is 2.37. The Labute approximate surface area is 105 Å². The summed E-state index contributed by atoms with van der Waals surface area (Å²) in [6, 6.07) is 7.26. The summed E-state index contributed by atoms with van der Waals surface area (Å²) < 4.78 is 5.46. The lowest BCUT2D eigenvalue weighted by Gasteiger charge is -2.36. The first kappa shape index (κ1) is 12.4. The van der Waals surface area contributed by atoms with Crippen LogP contribution in [-0.4, -0.2) is 25.8 Å². The van der Waals surface area contributed by atoms with Gasteiger partial charge in [-0.3, -0.25) is 0 Å². The largest absolute Gasteiger partial charge is 0.381 e. The van der Waals surface area contributed by atoms with E-state index in [1.807, 2.05) is 0 Å². The fourth-order valence-electron chi connectivity index (χ4n) is 2.67. The van der Waals surface area contributed by atoms with Crippen LogP contribution in [0.2, 0.25) is 0 Å². The van der Waals surface area contributed by atoms with Crippen LogP contribution < -0.4 is 4.90 Å². The first-order valence-electron chi connectivity index (χ1n) is 6.64. The first-order valence-corrected chi connectivity index (χ1v) is 6.64. The molecule has 1 aliphatic rings. The molecule has 0 aliphatic carbocycles. The van der Waals surface area contributed by atoms with Crippen molar-refractivity contribution in [2.75, 3.05) is 24.7 Å². The van der Waals surface area contributed by atoms with Crippen LogP contribution in [0.5, 0.6) is 0 Å². The number of benzene rings is 1. The molecule has 2 heteroatoms. The van der Waals surface area contributed by atoms with E-state index >= 15 is 0 Å². The summed E-state index contributed by atoms with van der Waals surface area (Å²) in [7, 11) is 0. The van der Waals surface area contributed by atoms with E-state index < -0.39 is 0 Å². The standard InChI is InChI=1S/C15H23NO/c1-4-16(14-8-10-17-11-9-14)15-7-5-6-12(2)13(15)3/h5-7,14H,4,8-11H2,1-3H3. The van der Waals surface area contributed by atoms with Crippen molar-refractivity contribution in [3.63, 3.8) is 0 Å². The Kier molecular flexibility index (Phi) is 4.06. The van der Waals surface area contributed by atoms with Gasteiger partial charge in [-0.05, 0) is 50.8 Å². The summed E-state index contributed by atoms with van der Waals surface area (Å²) >= 11 is 0. The van der Waals surface area contributed by atoms with Gasteiger partial charge in [-0.15, -0.1) is 0 Å². The van der Waals surface area contributed by atoms with Gasteiger partial charge < -0.3 is 9.64 Å². The van der Waals surface area contributed by atoms with Crippen LogP contribution in [0.1, 0.15) is 30.9 Å². The van der Waals surface area contributed by atoms with Crippen LogP contribution in [0.15, 0.2) is 18.2 Å². The van der Waals surface area contributed by atoms with E-state index in [9.17, 15) is 0 Å². The highest BCUT2D eigenvalue weighted by Crippen LogP contribution is 2.27. The Morgan fingerprint density at radius 3 is 2.59 bits per heavy atom. The molecule has 0 radical (unpaired) electrons. The van der Waals surface area contributed by atoms with Gasteiger partial charge in [0, 0.05) is 31.5 Å². The minimum absolute atomic E-state index is 0.647. The van der Waals surface area contributed by atoms with Crippen molar-refractivity contribution >= 4 is 5.69 Å². The molecule has 1 aromatic carbocycles. The summed E-state index contributed by atoms with van der Waals surface area (Å²) in [6.45, 7) is 9.56. The number of hydrogen-bond acceptors (Lipinski definition) is 2. The molecule has 2 rings (SSSR count). The summed E-state index contributed by atoms with van der Waals surface area (Å²) in [5.41, 5.74) is 4.20. The monoisotopic (exact) mass is 233 g/mol. The average molecular weight is 233 g/mol. The van der Waals surface area contributed by atoms with Crippen LogP contribution in [0.3, 0.4) is 0 Å². The number of rotatable bonds is 3. The molecular formula is C15H23NO. The lowest BCUT2D eigenvalue weighted by Crippen LogP contribution is -2.39. The molecule has 17 heavy (non-hydrogen) atoms. The van der Waals surface area contributed by atoms with E-state index in [-0.39, 0.29) is 0 Å². The Balaban J connectivity index is 2.24. The van der Waals surface area contributed by atoms with Gasteiger partial charge in [0.15, 0.2) is 0 Å². The molecule has 0 atom stereocenters. The third-order valence-electron chi connectivity index (χ3n) is 3.86. The SMILES string of the molecule is CCN(c1cccc(C)c1C)C1CCOCC1. The van der Waals surface area contributed by atoms with Crippen molar-refractivity contribution in [2.24, 2.45) is 0 Å². The molecule has 0 saturated carbocycles. The van der Waals surface area contributed by atoms with Gasteiger partial charge in [0.25, 0.3) is 0 Å². The minimum atomic E-state index is 0.647. The van der Waals surface area contributed by atoms with Gasteiger partial charge in [-0.1, -0.05) is 12.1 Å². The summed E-state index contributed by atoms with van der Waals surface area (Å²) in [5.74, 6) is 0. The fourth-order valence-corrected chi connectivity index (χ4v) is 2.67. The Morgan fingerprint density at radius 2 is 1.94 bits per heavy atom. The van der Waals surface area contributed by atoms with E-state index in [1.165, 1.54) is 16.8 Å². The normalized spacial score (nSPS) is 17.1. The molecule has 1 aliphatic heterocycles. The van der Waals surface area contributed by atoms with E-state index in [4.69, 9.17) is 4.74 Å². The molecule has 0 unspecified atom stereocenters. The molecule has 1 fully saturated rings. The van der Waals surface area contributed by atoms with Crippen molar-refractivity contribution in [2.45, 2.75) is 39.7 Å². The van der Waals surface area contributed by atoms with Crippen molar-refractivity contribution in [1.82, 2.24) is 0 Å². The molecular weight excluding hydrogens is 210 g/mol. The topological polar surface area (TPSA) is 12.5 Å². The second kappa shape index (κ2) is 5.54. The Hall–Kier alpha value is -1.02. The van der Waals surface area contributed by atoms with Gasteiger partial charge >= 0.3 is 0 Å². The molecule has 0 N–H and O–H groups in total.